The summed E-state index contributed by atoms with van der Waals surface area (Å²) >= 11 is 0. The third kappa shape index (κ3) is 5.48. The number of ether oxygens (including phenoxy) is 2. The lowest BCUT2D eigenvalue weighted by atomic mass is 10.1. The molecule has 0 aliphatic heterocycles. The van der Waals surface area contributed by atoms with Gasteiger partial charge in [0, 0.05) is 12.1 Å². The van der Waals surface area contributed by atoms with Crippen LogP contribution in [0.5, 0.6) is 0 Å². The standard InChI is InChI=1S/C13H16F3NO3/c1-9-4-2-5-10(11(9)17)12(18)20-7-3-6-19-8-13(14,15)16/h2,4-5H,3,6-8,17H2,1H3. The highest BCUT2D eigenvalue weighted by Gasteiger charge is 2.27. The molecule has 0 heterocycles. The molecule has 1 rings (SSSR count). The Labute approximate surface area is 114 Å². The van der Waals surface area contributed by atoms with Crippen LogP contribution in [0.25, 0.3) is 0 Å². The van der Waals surface area contributed by atoms with E-state index in [2.05, 4.69) is 4.74 Å². The summed E-state index contributed by atoms with van der Waals surface area (Å²) < 4.78 is 44.6. The van der Waals surface area contributed by atoms with Crippen LogP contribution in [-0.2, 0) is 9.47 Å². The van der Waals surface area contributed by atoms with E-state index in [1.807, 2.05) is 0 Å². The number of esters is 1. The van der Waals surface area contributed by atoms with E-state index in [-0.39, 0.29) is 25.2 Å². The van der Waals surface area contributed by atoms with Crippen LogP contribution in [-0.4, -0.2) is 32.0 Å². The number of hydrogen-bond donors (Lipinski definition) is 1. The maximum absolute atomic E-state index is 11.8. The quantitative estimate of drug-likeness (QED) is 0.497. The fourth-order valence-corrected chi connectivity index (χ4v) is 1.45. The number of halogens is 3. The predicted molar refractivity (Wildman–Crippen MR) is 67.4 cm³/mol. The first-order chi connectivity index (χ1) is 9.31. The SMILES string of the molecule is Cc1cccc(C(=O)OCCCOCC(F)(F)F)c1N. The van der Waals surface area contributed by atoms with Crippen molar-refractivity contribution in [3.8, 4) is 0 Å². The zero-order valence-corrected chi connectivity index (χ0v) is 11.0. The lowest BCUT2D eigenvalue weighted by Crippen LogP contribution is -2.18. The minimum atomic E-state index is -4.34. The number of benzene rings is 1. The topological polar surface area (TPSA) is 61.5 Å². The minimum Gasteiger partial charge on any atom is -0.462 e. The number of carbonyl (C=O) groups is 1. The molecule has 0 aromatic heterocycles. The number of rotatable bonds is 6. The average molecular weight is 291 g/mol. The fourth-order valence-electron chi connectivity index (χ4n) is 1.45. The molecule has 20 heavy (non-hydrogen) atoms. The van der Waals surface area contributed by atoms with Crippen molar-refractivity contribution >= 4 is 11.7 Å². The van der Waals surface area contributed by atoms with Crippen LogP contribution in [0.1, 0.15) is 22.3 Å². The summed E-state index contributed by atoms with van der Waals surface area (Å²) in [5, 5.41) is 0. The summed E-state index contributed by atoms with van der Waals surface area (Å²) in [6.45, 7) is 0.309. The molecule has 0 spiro atoms. The number of nitrogens with two attached hydrogens (primary N) is 1. The van der Waals surface area contributed by atoms with Crippen molar-refractivity contribution in [2.75, 3.05) is 25.6 Å². The van der Waals surface area contributed by atoms with Crippen molar-refractivity contribution in [1.29, 1.82) is 0 Å². The number of para-hydroxylation sites is 1. The first-order valence-corrected chi connectivity index (χ1v) is 5.98. The number of carbonyl (C=O) groups excluding carboxylic acids is 1. The molecule has 0 fully saturated rings. The van der Waals surface area contributed by atoms with Gasteiger partial charge in [0.15, 0.2) is 0 Å². The monoisotopic (exact) mass is 291 g/mol. The van der Waals surface area contributed by atoms with Crippen molar-refractivity contribution < 1.29 is 27.4 Å². The molecule has 1 aromatic rings. The summed E-state index contributed by atoms with van der Waals surface area (Å²) in [5.41, 5.74) is 7.08. The number of nitrogen functional groups attached to an aromatic ring is 1. The molecule has 2 N–H and O–H groups in total. The van der Waals surface area contributed by atoms with Crippen molar-refractivity contribution in [3.63, 3.8) is 0 Å². The summed E-state index contributed by atoms with van der Waals surface area (Å²) in [7, 11) is 0. The van der Waals surface area contributed by atoms with Crippen LogP contribution < -0.4 is 5.73 Å². The van der Waals surface area contributed by atoms with Crippen molar-refractivity contribution in [2.45, 2.75) is 19.5 Å². The van der Waals surface area contributed by atoms with E-state index in [9.17, 15) is 18.0 Å². The van der Waals surface area contributed by atoms with Gasteiger partial charge in [0.2, 0.25) is 0 Å². The molecule has 0 amide bonds. The molecule has 0 saturated carbocycles. The van der Waals surface area contributed by atoms with E-state index >= 15 is 0 Å². The van der Waals surface area contributed by atoms with E-state index in [0.29, 0.717) is 5.69 Å². The largest absolute Gasteiger partial charge is 0.462 e. The molecule has 4 nitrogen and oxygen atoms in total. The van der Waals surface area contributed by atoms with E-state index in [4.69, 9.17) is 10.5 Å². The Morgan fingerprint density at radius 2 is 2.00 bits per heavy atom. The highest BCUT2D eigenvalue weighted by Crippen LogP contribution is 2.17. The van der Waals surface area contributed by atoms with Gasteiger partial charge < -0.3 is 15.2 Å². The van der Waals surface area contributed by atoms with Crippen LogP contribution in [0.4, 0.5) is 18.9 Å². The molecule has 0 atom stereocenters. The van der Waals surface area contributed by atoms with Crippen LogP contribution in [0.3, 0.4) is 0 Å². The van der Waals surface area contributed by atoms with Gasteiger partial charge in [-0.2, -0.15) is 13.2 Å². The number of anilines is 1. The smallest absolute Gasteiger partial charge is 0.411 e. The second-order valence-electron chi connectivity index (χ2n) is 4.19. The Hall–Kier alpha value is -1.76. The molecule has 0 unspecified atom stereocenters. The van der Waals surface area contributed by atoms with Crippen LogP contribution >= 0.6 is 0 Å². The highest BCUT2D eigenvalue weighted by molar-refractivity contribution is 5.95. The second-order valence-corrected chi connectivity index (χ2v) is 4.19. The van der Waals surface area contributed by atoms with Crippen LogP contribution in [0.2, 0.25) is 0 Å². The Morgan fingerprint density at radius 3 is 2.65 bits per heavy atom. The number of aryl methyl sites for hydroxylation is 1. The van der Waals surface area contributed by atoms with E-state index in [1.165, 1.54) is 6.07 Å². The van der Waals surface area contributed by atoms with Gasteiger partial charge in [-0.15, -0.1) is 0 Å². The summed E-state index contributed by atoms with van der Waals surface area (Å²) in [5.74, 6) is -0.595. The third-order valence-corrected chi connectivity index (χ3v) is 2.48. The van der Waals surface area contributed by atoms with Crippen molar-refractivity contribution in [1.82, 2.24) is 0 Å². The Morgan fingerprint density at radius 1 is 1.30 bits per heavy atom. The van der Waals surface area contributed by atoms with Gasteiger partial charge in [0.1, 0.15) is 6.61 Å². The van der Waals surface area contributed by atoms with Gasteiger partial charge in [-0.05, 0) is 18.6 Å². The fraction of sp³-hybridized carbons (Fsp3) is 0.462. The van der Waals surface area contributed by atoms with Crippen LogP contribution in [0.15, 0.2) is 18.2 Å². The summed E-state index contributed by atoms with van der Waals surface area (Å²) in [4.78, 5) is 11.7. The highest BCUT2D eigenvalue weighted by atomic mass is 19.4. The number of alkyl halides is 3. The average Bonchev–Trinajstić information content (AvgIpc) is 2.35. The van der Waals surface area contributed by atoms with Gasteiger partial charge >= 0.3 is 12.1 Å². The predicted octanol–water partition coefficient (Wildman–Crippen LogP) is 2.70. The molecule has 7 heteroatoms. The molecule has 0 aliphatic carbocycles. The number of hydrogen-bond acceptors (Lipinski definition) is 4. The molecule has 112 valence electrons. The maximum Gasteiger partial charge on any atom is 0.411 e. The molecular weight excluding hydrogens is 275 g/mol. The lowest BCUT2D eigenvalue weighted by Gasteiger charge is -2.09. The van der Waals surface area contributed by atoms with E-state index < -0.39 is 18.8 Å². The molecule has 0 bridgehead atoms. The van der Waals surface area contributed by atoms with Gasteiger partial charge in [-0.25, -0.2) is 4.79 Å². The first-order valence-electron chi connectivity index (χ1n) is 5.98. The molecule has 0 saturated heterocycles. The summed E-state index contributed by atoms with van der Waals surface area (Å²) in [6, 6.07) is 4.97. The van der Waals surface area contributed by atoms with Gasteiger partial charge in [-0.3, -0.25) is 0 Å². The molecule has 1 aromatic carbocycles. The normalized spacial score (nSPS) is 11.4. The minimum absolute atomic E-state index is 0.0237. The van der Waals surface area contributed by atoms with Crippen molar-refractivity contribution in [3.05, 3.63) is 29.3 Å². The van der Waals surface area contributed by atoms with Gasteiger partial charge in [0.05, 0.1) is 18.8 Å². The van der Waals surface area contributed by atoms with E-state index in [1.54, 1.807) is 19.1 Å². The zero-order chi connectivity index (χ0) is 15.2. The second kappa shape index (κ2) is 7.14. The first kappa shape index (κ1) is 16.3. The molecule has 0 aliphatic rings. The van der Waals surface area contributed by atoms with Gasteiger partial charge in [-0.1, -0.05) is 12.1 Å². The van der Waals surface area contributed by atoms with Gasteiger partial charge in [0.25, 0.3) is 0 Å². The molecule has 0 radical (unpaired) electrons. The van der Waals surface area contributed by atoms with E-state index in [0.717, 1.165) is 5.56 Å². The lowest BCUT2D eigenvalue weighted by molar-refractivity contribution is -0.174. The van der Waals surface area contributed by atoms with Crippen LogP contribution in [0, 0.1) is 6.92 Å². The third-order valence-electron chi connectivity index (χ3n) is 2.48. The Balaban J connectivity index is 2.29. The molecular formula is C13H16F3NO3. The Kier molecular flexibility index (Phi) is 5.82. The van der Waals surface area contributed by atoms with Crippen molar-refractivity contribution in [2.24, 2.45) is 0 Å². The zero-order valence-electron chi connectivity index (χ0n) is 11.0. The summed E-state index contributed by atoms with van der Waals surface area (Å²) in [6.07, 6.45) is -4.15. The maximum atomic E-state index is 11.8. The Bertz CT molecular complexity index is 461.